The van der Waals surface area contributed by atoms with Crippen LogP contribution in [-0.2, 0) is 0 Å². The highest BCUT2D eigenvalue weighted by molar-refractivity contribution is 7.21. The topological polar surface area (TPSA) is 75.3 Å². The number of thiophene rings is 1. The number of carbonyl (C=O) groups is 1. The van der Waals surface area contributed by atoms with Gasteiger partial charge in [-0.25, -0.2) is 4.39 Å². The van der Waals surface area contributed by atoms with Crippen molar-refractivity contribution < 1.29 is 14.3 Å². The lowest BCUT2D eigenvalue weighted by atomic mass is 10.2. The van der Waals surface area contributed by atoms with E-state index in [0.717, 1.165) is 0 Å². The number of rotatable bonds is 4. The van der Waals surface area contributed by atoms with Crippen LogP contribution < -0.4 is 11.1 Å². The molecule has 0 saturated carbocycles. The molecule has 0 aliphatic rings. The Morgan fingerprint density at radius 3 is 2.95 bits per heavy atom. The van der Waals surface area contributed by atoms with Crippen LogP contribution in [0.4, 0.5) is 10.1 Å². The van der Waals surface area contributed by atoms with Gasteiger partial charge in [0.05, 0.1) is 11.1 Å². The second kappa shape index (κ2) is 5.54. The van der Waals surface area contributed by atoms with Crippen LogP contribution in [0.15, 0.2) is 18.2 Å². The van der Waals surface area contributed by atoms with E-state index >= 15 is 0 Å². The highest BCUT2D eigenvalue weighted by Gasteiger charge is 2.18. The summed E-state index contributed by atoms with van der Waals surface area (Å²) in [5, 5.41) is 11.9. The summed E-state index contributed by atoms with van der Waals surface area (Å²) in [6.45, 7) is 2.16. The predicted octanol–water partition coefficient (Wildman–Crippen LogP) is 1.98. The van der Waals surface area contributed by atoms with Gasteiger partial charge in [0, 0.05) is 17.9 Å². The summed E-state index contributed by atoms with van der Waals surface area (Å²) >= 11 is 1.17. The van der Waals surface area contributed by atoms with E-state index < -0.39 is 5.82 Å². The first-order chi connectivity index (χ1) is 9.04. The quantitative estimate of drug-likeness (QED) is 0.802. The zero-order chi connectivity index (χ0) is 14.0. The number of nitrogens with one attached hydrogen (secondary N) is 1. The standard InChI is InChI=1S/C13H15FN2O2S/c1-7(6-17)5-16-13(18)12-11(15)10-8(14)3-2-4-9(10)19-12/h2-4,7,17H,5-6,15H2,1H3,(H,16,18). The third kappa shape index (κ3) is 2.69. The average molecular weight is 282 g/mol. The Labute approximate surface area is 114 Å². The fourth-order valence-electron chi connectivity index (χ4n) is 1.71. The molecule has 0 aliphatic carbocycles. The van der Waals surface area contributed by atoms with Crippen molar-refractivity contribution in [1.82, 2.24) is 5.32 Å². The Balaban J connectivity index is 2.28. The molecule has 0 saturated heterocycles. The second-order valence-electron chi connectivity index (χ2n) is 4.46. The Morgan fingerprint density at radius 2 is 2.32 bits per heavy atom. The number of nitrogens with two attached hydrogens (primary N) is 1. The molecular weight excluding hydrogens is 267 g/mol. The van der Waals surface area contributed by atoms with E-state index in [1.54, 1.807) is 12.1 Å². The number of hydrogen-bond donors (Lipinski definition) is 3. The van der Waals surface area contributed by atoms with Crippen LogP contribution in [0.3, 0.4) is 0 Å². The van der Waals surface area contributed by atoms with Crippen molar-refractivity contribution in [3.8, 4) is 0 Å². The van der Waals surface area contributed by atoms with Crippen molar-refractivity contribution in [3.05, 3.63) is 28.9 Å². The van der Waals surface area contributed by atoms with Gasteiger partial charge in [-0.1, -0.05) is 13.0 Å². The van der Waals surface area contributed by atoms with Gasteiger partial charge < -0.3 is 16.2 Å². The number of aliphatic hydroxyl groups is 1. The molecule has 1 unspecified atom stereocenters. The number of nitrogen functional groups attached to an aromatic ring is 1. The minimum absolute atomic E-state index is 0.00317. The predicted molar refractivity (Wildman–Crippen MR) is 74.8 cm³/mol. The van der Waals surface area contributed by atoms with E-state index in [9.17, 15) is 9.18 Å². The summed E-state index contributed by atoms with van der Waals surface area (Å²) in [5.41, 5.74) is 6.01. The van der Waals surface area contributed by atoms with Crippen molar-refractivity contribution in [2.45, 2.75) is 6.92 Å². The number of anilines is 1. The molecule has 0 bridgehead atoms. The summed E-state index contributed by atoms with van der Waals surface area (Å²) in [7, 11) is 0. The number of fused-ring (bicyclic) bond motifs is 1. The van der Waals surface area contributed by atoms with Gasteiger partial charge in [0.15, 0.2) is 0 Å². The van der Waals surface area contributed by atoms with Gasteiger partial charge in [-0.3, -0.25) is 4.79 Å². The molecule has 102 valence electrons. The number of amides is 1. The first-order valence-corrected chi connectivity index (χ1v) is 6.71. The lowest BCUT2D eigenvalue weighted by molar-refractivity contribution is 0.0947. The van der Waals surface area contributed by atoms with Gasteiger partial charge in [0.25, 0.3) is 5.91 Å². The third-order valence-corrected chi connectivity index (χ3v) is 4.00. The van der Waals surface area contributed by atoms with Crippen molar-refractivity contribution in [1.29, 1.82) is 0 Å². The second-order valence-corrected chi connectivity index (χ2v) is 5.51. The molecular formula is C13H15FN2O2S. The van der Waals surface area contributed by atoms with Gasteiger partial charge in [-0.15, -0.1) is 11.3 Å². The molecule has 2 rings (SSSR count). The molecule has 1 amide bonds. The van der Waals surface area contributed by atoms with Crippen molar-refractivity contribution in [2.24, 2.45) is 5.92 Å². The number of aliphatic hydroxyl groups excluding tert-OH is 1. The molecule has 2 aromatic rings. The smallest absolute Gasteiger partial charge is 0.263 e. The van der Waals surface area contributed by atoms with E-state index in [0.29, 0.717) is 21.5 Å². The van der Waals surface area contributed by atoms with Crippen LogP contribution in [0.5, 0.6) is 0 Å². The summed E-state index contributed by atoms with van der Waals surface area (Å²) in [6, 6.07) is 4.64. The summed E-state index contributed by atoms with van der Waals surface area (Å²) < 4.78 is 14.3. The Morgan fingerprint density at radius 1 is 1.58 bits per heavy atom. The number of hydrogen-bond acceptors (Lipinski definition) is 4. The largest absolute Gasteiger partial charge is 0.397 e. The highest BCUT2D eigenvalue weighted by atomic mass is 32.1. The van der Waals surface area contributed by atoms with Crippen LogP contribution >= 0.6 is 11.3 Å². The maximum absolute atomic E-state index is 13.7. The molecule has 4 N–H and O–H groups in total. The van der Waals surface area contributed by atoms with Crippen molar-refractivity contribution >= 4 is 33.0 Å². The van der Waals surface area contributed by atoms with Gasteiger partial charge in [-0.2, -0.15) is 0 Å². The minimum Gasteiger partial charge on any atom is -0.397 e. The lowest BCUT2D eigenvalue weighted by Crippen LogP contribution is -2.29. The van der Waals surface area contributed by atoms with Crippen LogP contribution in [0.25, 0.3) is 10.1 Å². The number of benzene rings is 1. The molecule has 1 atom stereocenters. The van der Waals surface area contributed by atoms with Gasteiger partial charge in [-0.05, 0) is 18.1 Å². The SMILES string of the molecule is CC(CO)CNC(=O)c1sc2cccc(F)c2c1N. The van der Waals surface area contributed by atoms with Crippen LogP contribution in [-0.4, -0.2) is 24.2 Å². The Kier molecular flexibility index (Phi) is 4.01. The van der Waals surface area contributed by atoms with E-state index in [1.165, 1.54) is 17.4 Å². The first-order valence-electron chi connectivity index (χ1n) is 5.90. The van der Waals surface area contributed by atoms with Crippen LogP contribution in [0, 0.1) is 11.7 Å². The van der Waals surface area contributed by atoms with Crippen molar-refractivity contribution in [2.75, 3.05) is 18.9 Å². The zero-order valence-corrected chi connectivity index (χ0v) is 11.3. The van der Waals surface area contributed by atoms with E-state index in [4.69, 9.17) is 10.8 Å². The molecule has 4 nitrogen and oxygen atoms in total. The van der Waals surface area contributed by atoms with Gasteiger partial charge in [0.2, 0.25) is 0 Å². The molecule has 19 heavy (non-hydrogen) atoms. The normalized spacial score (nSPS) is 12.6. The minimum atomic E-state index is -0.422. The molecule has 1 heterocycles. The fourth-order valence-corrected chi connectivity index (χ4v) is 2.76. The monoisotopic (exact) mass is 282 g/mol. The van der Waals surface area contributed by atoms with Crippen molar-refractivity contribution in [3.63, 3.8) is 0 Å². The van der Waals surface area contributed by atoms with Gasteiger partial charge in [0.1, 0.15) is 10.7 Å². The summed E-state index contributed by atoms with van der Waals surface area (Å²) in [4.78, 5) is 12.3. The van der Waals surface area contributed by atoms with Gasteiger partial charge >= 0.3 is 0 Å². The average Bonchev–Trinajstić information content (AvgIpc) is 2.74. The molecule has 0 spiro atoms. The summed E-state index contributed by atoms with van der Waals surface area (Å²) in [6.07, 6.45) is 0. The Hall–Kier alpha value is -1.66. The maximum atomic E-state index is 13.7. The molecule has 0 aliphatic heterocycles. The van der Waals surface area contributed by atoms with E-state index in [1.807, 2.05) is 6.92 Å². The molecule has 1 aromatic carbocycles. The Bertz CT molecular complexity index is 612. The lowest BCUT2D eigenvalue weighted by Gasteiger charge is -2.08. The zero-order valence-electron chi connectivity index (χ0n) is 10.4. The van der Waals surface area contributed by atoms with Crippen LogP contribution in [0.2, 0.25) is 0 Å². The third-order valence-electron chi connectivity index (χ3n) is 2.83. The fraction of sp³-hybridized carbons (Fsp3) is 0.308. The maximum Gasteiger partial charge on any atom is 0.263 e. The number of halogens is 1. The number of carbonyl (C=O) groups excluding carboxylic acids is 1. The molecule has 0 radical (unpaired) electrons. The molecule has 0 fully saturated rings. The van der Waals surface area contributed by atoms with Crippen LogP contribution in [0.1, 0.15) is 16.6 Å². The van der Waals surface area contributed by atoms with E-state index in [-0.39, 0.29) is 24.1 Å². The first kappa shape index (κ1) is 13.8. The highest BCUT2D eigenvalue weighted by Crippen LogP contribution is 2.35. The summed E-state index contributed by atoms with van der Waals surface area (Å²) in [5.74, 6) is -0.788. The molecule has 1 aromatic heterocycles. The van der Waals surface area contributed by atoms with E-state index in [2.05, 4.69) is 5.32 Å². The molecule has 6 heteroatoms.